The predicted molar refractivity (Wildman–Crippen MR) is 125 cm³/mol. The van der Waals surface area contributed by atoms with E-state index in [1.54, 1.807) is 0 Å². The summed E-state index contributed by atoms with van der Waals surface area (Å²) in [5.41, 5.74) is 4.58. The van der Waals surface area contributed by atoms with Crippen molar-refractivity contribution in [2.24, 2.45) is 0 Å². The minimum Gasteiger partial charge on any atom is -0.449 e. The molecule has 0 bridgehead atoms. The van der Waals surface area contributed by atoms with Crippen molar-refractivity contribution in [2.45, 2.75) is 24.5 Å². The Morgan fingerprint density at radius 3 is 2.20 bits per heavy atom. The molecule has 2 aliphatic rings. The zero-order chi connectivity index (χ0) is 24.5. The van der Waals surface area contributed by atoms with Gasteiger partial charge in [-0.05, 0) is 40.3 Å². The monoisotopic (exact) mass is 473 g/mol. The van der Waals surface area contributed by atoms with Crippen LogP contribution in [0.25, 0.3) is 11.1 Å². The van der Waals surface area contributed by atoms with Crippen LogP contribution in [0.5, 0.6) is 0 Å². The van der Waals surface area contributed by atoms with Crippen LogP contribution in [0.2, 0.25) is 0 Å². The lowest BCUT2D eigenvalue weighted by atomic mass is 9.94. The molecular formula is C27H23NO7. The molecule has 1 heterocycles. The fraction of sp³-hybridized carbons (Fsp3) is 0.222. The van der Waals surface area contributed by atoms with Crippen molar-refractivity contribution in [3.05, 3.63) is 94.5 Å². The minimum atomic E-state index is -1.44. The highest BCUT2D eigenvalue weighted by atomic mass is 16.6. The van der Waals surface area contributed by atoms with Gasteiger partial charge in [-0.1, -0.05) is 60.7 Å². The Morgan fingerprint density at radius 2 is 1.51 bits per heavy atom. The third kappa shape index (κ3) is 4.18. The lowest BCUT2D eigenvalue weighted by molar-refractivity contribution is 0.0129. The van der Waals surface area contributed by atoms with Crippen LogP contribution >= 0.6 is 0 Å². The van der Waals surface area contributed by atoms with Crippen molar-refractivity contribution in [3.8, 4) is 11.1 Å². The molecule has 5 rings (SSSR count). The lowest BCUT2D eigenvalue weighted by Gasteiger charge is -2.20. The van der Waals surface area contributed by atoms with E-state index in [1.165, 1.54) is 18.2 Å². The van der Waals surface area contributed by atoms with Crippen molar-refractivity contribution in [2.75, 3.05) is 13.2 Å². The molecular weight excluding hydrogens is 450 g/mol. The quantitative estimate of drug-likeness (QED) is 0.355. The summed E-state index contributed by atoms with van der Waals surface area (Å²) in [6.07, 6.45) is -3.37. The molecule has 35 heavy (non-hydrogen) atoms. The zero-order valence-electron chi connectivity index (χ0n) is 18.6. The summed E-state index contributed by atoms with van der Waals surface area (Å²) >= 11 is 0. The maximum Gasteiger partial charge on any atom is 0.407 e. The first kappa shape index (κ1) is 22.8. The van der Waals surface area contributed by atoms with Gasteiger partial charge in [0.15, 0.2) is 0 Å². The normalized spacial score (nSPS) is 15.6. The Kier molecular flexibility index (Phi) is 6.07. The van der Waals surface area contributed by atoms with Crippen LogP contribution in [0, 0.1) is 0 Å². The van der Waals surface area contributed by atoms with Gasteiger partial charge in [0.1, 0.15) is 12.7 Å². The van der Waals surface area contributed by atoms with Gasteiger partial charge in [0, 0.05) is 12.5 Å². The van der Waals surface area contributed by atoms with Crippen LogP contribution in [-0.4, -0.2) is 47.5 Å². The molecule has 0 saturated heterocycles. The summed E-state index contributed by atoms with van der Waals surface area (Å²) in [4.78, 5) is 36.0. The average Bonchev–Trinajstić information content (AvgIpc) is 3.35. The van der Waals surface area contributed by atoms with Crippen molar-refractivity contribution in [1.29, 1.82) is 0 Å². The van der Waals surface area contributed by atoms with E-state index >= 15 is 0 Å². The first-order valence-electron chi connectivity index (χ1n) is 11.3. The number of carbonyl (C=O) groups is 3. The van der Waals surface area contributed by atoms with Gasteiger partial charge < -0.3 is 25.0 Å². The lowest BCUT2D eigenvalue weighted by Crippen LogP contribution is -2.31. The second kappa shape index (κ2) is 9.32. The highest BCUT2D eigenvalue weighted by Crippen LogP contribution is 2.44. The number of nitrogens with one attached hydrogen (secondary N) is 1. The molecule has 1 aliphatic heterocycles. The Morgan fingerprint density at radius 1 is 0.886 bits per heavy atom. The number of aliphatic hydroxyl groups excluding tert-OH is 2. The summed E-state index contributed by atoms with van der Waals surface area (Å²) in [7, 11) is 0. The summed E-state index contributed by atoms with van der Waals surface area (Å²) < 4.78 is 10.0. The third-order valence-corrected chi connectivity index (χ3v) is 6.44. The van der Waals surface area contributed by atoms with Gasteiger partial charge in [-0.15, -0.1) is 0 Å². The van der Waals surface area contributed by atoms with E-state index in [4.69, 9.17) is 4.74 Å². The maximum absolute atomic E-state index is 12.3. The number of amides is 1. The Labute approximate surface area is 201 Å². The summed E-state index contributed by atoms with van der Waals surface area (Å²) in [5, 5.41) is 23.5. The topological polar surface area (TPSA) is 122 Å². The molecule has 0 aromatic heterocycles. The molecule has 0 saturated carbocycles. The number of fused-ring (bicyclic) bond motifs is 4. The SMILES string of the molecule is O=C(NCCC(O)C(O)c1cccc2c1C(=O)OC2=O)OCC1c2ccccc2-c2ccccc21. The zero-order valence-corrected chi connectivity index (χ0v) is 18.6. The molecule has 3 N–H and O–H groups in total. The number of hydrogen-bond acceptors (Lipinski definition) is 7. The first-order valence-corrected chi connectivity index (χ1v) is 11.3. The van der Waals surface area contributed by atoms with E-state index in [0.717, 1.165) is 22.3 Å². The summed E-state index contributed by atoms with van der Waals surface area (Å²) in [6.45, 7) is 0.199. The number of esters is 2. The van der Waals surface area contributed by atoms with E-state index < -0.39 is 30.2 Å². The van der Waals surface area contributed by atoms with Gasteiger partial charge in [0.05, 0.1) is 17.2 Å². The largest absolute Gasteiger partial charge is 0.449 e. The van der Waals surface area contributed by atoms with Crippen molar-refractivity contribution in [3.63, 3.8) is 0 Å². The van der Waals surface area contributed by atoms with Crippen LogP contribution < -0.4 is 5.32 Å². The fourth-order valence-corrected chi connectivity index (χ4v) is 4.74. The maximum atomic E-state index is 12.3. The molecule has 1 aliphatic carbocycles. The van der Waals surface area contributed by atoms with Crippen molar-refractivity contribution < 1.29 is 34.1 Å². The van der Waals surface area contributed by atoms with E-state index in [9.17, 15) is 24.6 Å². The number of ether oxygens (including phenoxy) is 2. The number of benzene rings is 3. The molecule has 8 heteroatoms. The van der Waals surface area contributed by atoms with Gasteiger partial charge in [-0.3, -0.25) is 0 Å². The Hall–Kier alpha value is -4.01. The van der Waals surface area contributed by atoms with Gasteiger partial charge >= 0.3 is 18.0 Å². The smallest absolute Gasteiger partial charge is 0.407 e. The molecule has 178 valence electrons. The molecule has 0 spiro atoms. The van der Waals surface area contributed by atoms with E-state index in [1.807, 2.05) is 36.4 Å². The van der Waals surface area contributed by atoms with Crippen LogP contribution in [-0.2, 0) is 9.47 Å². The molecule has 2 atom stereocenters. The number of rotatable bonds is 7. The molecule has 3 aromatic carbocycles. The second-order valence-electron chi connectivity index (χ2n) is 8.50. The molecule has 1 amide bonds. The number of carbonyl (C=O) groups excluding carboxylic acids is 3. The number of alkyl carbamates (subject to hydrolysis) is 1. The molecule has 2 unspecified atom stereocenters. The van der Waals surface area contributed by atoms with Crippen molar-refractivity contribution >= 4 is 18.0 Å². The summed E-state index contributed by atoms with van der Waals surface area (Å²) in [5.74, 6) is -1.71. The first-order chi connectivity index (χ1) is 17.0. The van der Waals surface area contributed by atoms with Crippen LogP contribution in [0.3, 0.4) is 0 Å². The summed E-state index contributed by atoms with van der Waals surface area (Å²) in [6, 6.07) is 20.4. The minimum absolute atomic E-state index is 0.00196. The predicted octanol–water partition coefficient (Wildman–Crippen LogP) is 3.32. The van der Waals surface area contributed by atoms with E-state index in [-0.39, 0.29) is 42.2 Å². The van der Waals surface area contributed by atoms with E-state index in [0.29, 0.717) is 0 Å². The number of hydrogen-bond donors (Lipinski definition) is 3. The van der Waals surface area contributed by atoms with Gasteiger partial charge in [0.2, 0.25) is 0 Å². The van der Waals surface area contributed by atoms with E-state index in [2.05, 4.69) is 22.2 Å². The second-order valence-corrected chi connectivity index (χ2v) is 8.50. The van der Waals surface area contributed by atoms with Gasteiger partial charge in [0.25, 0.3) is 0 Å². The van der Waals surface area contributed by atoms with Crippen molar-refractivity contribution in [1.82, 2.24) is 5.32 Å². The number of aliphatic hydroxyl groups is 2. The molecule has 0 radical (unpaired) electrons. The molecule has 0 fully saturated rings. The highest BCUT2D eigenvalue weighted by molar-refractivity contribution is 6.15. The Bertz CT molecular complexity index is 1270. The van der Waals surface area contributed by atoms with Crippen LogP contribution in [0.1, 0.15) is 55.8 Å². The van der Waals surface area contributed by atoms with Gasteiger partial charge in [-0.2, -0.15) is 0 Å². The molecule has 3 aromatic rings. The van der Waals surface area contributed by atoms with Crippen LogP contribution in [0.4, 0.5) is 4.79 Å². The molecule has 8 nitrogen and oxygen atoms in total. The average molecular weight is 473 g/mol. The number of cyclic esters (lactones) is 2. The standard InChI is InChI=1S/C27H23NO7/c29-22(24(30)19-10-5-11-20-23(19)26(32)35-25(20)31)12-13-28-27(33)34-14-21-17-8-3-1-6-15(17)16-7-2-4-9-18(16)21/h1-11,21-22,24,29-30H,12-14H2,(H,28,33). The highest BCUT2D eigenvalue weighted by Gasteiger charge is 2.35. The third-order valence-electron chi connectivity index (χ3n) is 6.44. The van der Waals surface area contributed by atoms with Crippen LogP contribution in [0.15, 0.2) is 66.7 Å². The fourth-order valence-electron chi connectivity index (χ4n) is 4.74. The van der Waals surface area contributed by atoms with Gasteiger partial charge in [-0.25, -0.2) is 14.4 Å². The Balaban J connectivity index is 1.15.